The van der Waals surface area contributed by atoms with Crippen molar-refractivity contribution in [3.05, 3.63) is 88.6 Å². The van der Waals surface area contributed by atoms with Gasteiger partial charge in [0.2, 0.25) is 5.91 Å². The summed E-state index contributed by atoms with van der Waals surface area (Å²) in [6, 6.07) is 19.2. The van der Waals surface area contributed by atoms with Crippen molar-refractivity contribution in [1.29, 1.82) is 0 Å². The highest BCUT2D eigenvalue weighted by molar-refractivity contribution is 8.18. The second-order valence-corrected chi connectivity index (χ2v) is 8.30. The summed E-state index contributed by atoms with van der Waals surface area (Å²) in [5.41, 5.74) is 4.47. The molecule has 0 atom stereocenters. The summed E-state index contributed by atoms with van der Waals surface area (Å²) in [5, 5.41) is 2.28. The van der Waals surface area contributed by atoms with Gasteiger partial charge in [-0.15, -0.1) is 0 Å². The zero-order chi connectivity index (χ0) is 22.0. The molecule has 0 aliphatic carbocycles. The lowest BCUT2D eigenvalue weighted by Gasteiger charge is -2.12. The lowest BCUT2D eigenvalue weighted by molar-refractivity contribution is -0.127. The van der Waals surface area contributed by atoms with Gasteiger partial charge in [0.15, 0.2) is 0 Å². The standard InChI is InChI=1S/C24H21N3O3S/c1-16-7-6-8-19(11-16)25-22(28)15-27-23(29)21(31-24(27)30)13-18-12-17(2)26(14-18)20-9-4-3-5-10-20/h3-14H,15H2,1-2H3,(H,25,28)/b21-13+. The van der Waals surface area contributed by atoms with Crippen molar-refractivity contribution >= 4 is 40.6 Å². The molecule has 2 aromatic carbocycles. The number of rotatable bonds is 5. The Labute approximate surface area is 184 Å². The van der Waals surface area contributed by atoms with Gasteiger partial charge in [-0.25, -0.2) is 0 Å². The summed E-state index contributed by atoms with van der Waals surface area (Å²) < 4.78 is 2.02. The number of hydrogen-bond donors (Lipinski definition) is 1. The quantitative estimate of drug-likeness (QED) is 0.591. The van der Waals surface area contributed by atoms with E-state index in [0.717, 1.165) is 39.2 Å². The first kappa shape index (κ1) is 20.7. The highest BCUT2D eigenvalue weighted by Gasteiger charge is 2.36. The molecule has 1 saturated heterocycles. The molecule has 4 rings (SSSR count). The van der Waals surface area contributed by atoms with E-state index in [0.29, 0.717) is 10.6 Å². The number of nitrogens with zero attached hydrogens (tertiary/aromatic N) is 2. The number of carbonyl (C=O) groups excluding carboxylic acids is 3. The normalized spacial score (nSPS) is 15.0. The number of nitrogens with one attached hydrogen (secondary N) is 1. The van der Waals surface area contributed by atoms with Crippen molar-refractivity contribution in [2.24, 2.45) is 0 Å². The molecule has 0 radical (unpaired) electrons. The molecule has 31 heavy (non-hydrogen) atoms. The van der Waals surface area contributed by atoms with Crippen LogP contribution in [0.4, 0.5) is 10.5 Å². The second-order valence-electron chi connectivity index (χ2n) is 7.31. The fraction of sp³-hybridized carbons (Fsp3) is 0.125. The smallest absolute Gasteiger partial charge is 0.294 e. The number of amides is 3. The number of carbonyl (C=O) groups is 3. The molecule has 3 amide bonds. The molecule has 1 aromatic heterocycles. The van der Waals surface area contributed by atoms with E-state index < -0.39 is 17.1 Å². The van der Waals surface area contributed by atoms with Crippen LogP contribution in [0.15, 0.2) is 71.8 Å². The number of para-hydroxylation sites is 1. The topological polar surface area (TPSA) is 71.4 Å². The number of aromatic nitrogens is 1. The van der Waals surface area contributed by atoms with E-state index in [4.69, 9.17) is 0 Å². The van der Waals surface area contributed by atoms with Crippen LogP contribution in [0, 0.1) is 13.8 Å². The molecule has 0 unspecified atom stereocenters. The minimum atomic E-state index is -0.459. The molecule has 1 aliphatic rings. The van der Waals surface area contributed by atoms with Gasteiger partial charge in [-0.1, -0.05) is 30.3 Å². The van der Waals surface area contributed by atoms with E-state index in [9.17, 15) is 14.4 Å². The summed E-state index contributed by atoms with van der Waals surface area (Å²) in [7, 11) is 0. The maximum Gasteiger partial charge on any atom is 0.294 e. The second kappa shape index (κ2) is 8.65. The third-order valence-corrected chi connectivity index (χ3v) is 5.75. The van der Waals surface area contributed by atoms with Crippen LogP contribution in [0.1, 0.15) is 16.8 Å². The zero-order valence-electron chi connectivity index (χ0n) is 17.2. The van der Waals surface area contributed by atoms with E-state index in [-0.39, 0.29) is 6.54 Å². The van der Waals surface area contributed by atoms with Crippen LogP contribution in [0.5, 0.6) is 0 Å². The van der Waals surface area contributed by atoms with E-state index >= 15 is 0 Å². The molecule has 2 heterocycles. The maximum absolute atomic E-state index is 12.8. The first-order valence-electron chi connectivity index (χ1n) is 9.77. The predicted octanol–water partition coefficient (Wildman–Crippen LogP) is 4.77. The minimum absolute atomic E-state index is 0.304. The monoisotopic (exact) mass is 431 g/mol. The number of aryl methyl sites for hydroxylation is 2. The fourth-order valence-electron chi connectivity index (χ4n) is 3.40. The Hall–Kier alpha value is -3.58. The van der Waals surface area contributed by atoms with Gasteiger partial charge in [0.1, 0.15) is 6.54 Å². The first-order chi connectivity index (χ1) is 14.9. The molecule has 156 valence electrons. The Morgan fingerprint density at radius 2 is 1.81 bits per heavy atom. The van der Waals surface area contributed by atoms with Gasteiger partial charge < -0.3 is 9.88 Å². The van der Waals surface area contributed by atoms with Crippen LogP contribution in [0.3, 0.4) is 0 Å². The molecule has 3 aromatic rings. The summed E-state index contributed by atoms with van der Waals surface area (Å²) in [6.07, 6.45) is 3.61. The van der Waals surface area contributed by atoms with Crippen LogP contribution < -0.4 is 5.32 Å². The Balaban J connectivity index is 1.48. The summed E-state index contributed by atoms with van der Waals surface area (Å²) in [5.74, 6) is -0.875. The number of thioether (sulfide) groups is 1. The van der Waals surface area contributed by atoms with Crippen LogP contribution in [-0.2, 0) is 9.59 Å². The van der Waals surface area contributed by atoms with Crippen molar-refractivity contribution in [1.82, 2.24) is 9.47 Å². The van der Waals surface area contributed by atoms with Gasteiger partial charge in [0, 0.05) is 23.3 Å². The van der Waals surface area contributed by atoms with Gasteiger partial charge in [0.25, 0.3) is 11.1 Å². The molecule has 1 N–H and O–H groups in total. The molecular weight excluding hydrogens is 410 g/mol. The number of anilines is 1. The van der Waals surface area contributed by atoms with Gasteiger partial charge in [-0.2, -0.15) is 0 Å². The fourth-order valence-corrected chi connectivity index (χ4v) is 4.24. The summed E-state index contributed by atoms with van der Waals surface area (Å²) in [4.78, 5) is 38.7. The van der Waals surface area contributed by atoms with Crippen molar-refractivity contribution in [2.45, 2.75) is 13.8 Å². The minimum Gasteiger partial charge on any atom is -0.325 e. The van der Waals surface area contributed by atoms with Crippen molar-refractivity contribution in [2.75, 3.05) is 11.9 Å². The first-order valence-corrected chi connectivity index (χ1v) is 10.6. The molecular formula is C24H21N3O3S. The zero-order valence-corrected chi connectivity index (χ0v) is 18.0. The number of imide groups is 1. The van der Waals surface area contributed by atoms with Crippen LogP contribution >= 0.6 is 11.8 Å². The van der Waals surface area contributed by atoms with Crippen molar-refractivity contribution in [3.8, 4) is 5.69 Å². The summed E-state index contributed by atoms with van der Waals surface area (Å²) in [6.45, 7) is 3.58. The highest BCUT2D eigenvalue weighted by Crippen LogP contribution is 2.32. The van der Waals surface area contributed by atoms with Gasteiger partial charge in [-0.3, -0.25) is 19.3 Å². The Bertz CT molecular complexity index is 1200. The lowest BCUT2D eigenvalue weighted by Crippen LogP contribution is -2.36. The average Bonchev–Trinajstić information content (AvgIpc) is 3.23. The molecule has 6 nitrogen and oxygen atoms in total. The number of hydrogen-bond acceptors (Lipinski definition) is 4. The maximum atomic E-state index is 12.8. The van der Waals surface area contributed by atoms with Crippen LogP contribution in [-0.4, -0.2) is 33.1 Å². The third-order valence-electron chi connectivity index (χ3n) is 4.84. The molecule has 0 spiro atoms. The van der Waals surface area contributed by atoms with Crippen molar-refractivity contribution < 1.29 is 14.4 Å². The molecule has 0 bridgehead atoms. The van der Waals surface area contributed by atoms with Gasteiger partial charge in [-0.05, 0) is 73.1 Å². The van der Waals surface area contributed by atoms with Gasteiger partial charge in [0.05, 0.1) is 4.91 Å². The molecule has 1 fully saturated rings. The highest BCUT2D eigenvalue weighted by atomic mass is 32.2. The van der Waals surface area contributed by atoms with Crippen molar-refractivity contribution in [3.63, 3.8) is 0 Å². The van der Waals surface area contributed by atoms with E-state index in [2.05, 4.69) is 5.32 Å². The average molecular weight is 432 g/mol. The third kappa shape index (κ3) is 4.62. The summed E-state index contributed by atoms with van der Waals surface area (Å²) >= 11 is 0.848. The Morgan fingerprint density at radius 3 is 2.55 bits per heavy atom. The van der Waals surface area contributed by atoms with Crippen LogP contribution in [0.25, 0.3) is 11.8 Å². The molecule has 1 aliphatic heterocycles. The molecule has 0 saturated carbocycles. The molecule has 7 heteroatoms. The Morgan fingerprint density at radius 1 is 1.03 bits per heavy atom. The predicted molar refractivity (Wildman–Crippen MR) is 123 cm³/mol. The van der Waals surface area contributed by atoms with Gasteiger partial charge >= 0.3 is 0 Å². The SMILES string of the molecule is Cc1cccc(NC(=O)CN2C(=O)S/C(=C/c3cc(C)n(-c4ccccc4)c3)C2=O)c1. The van der Waals surface area contributed by atoms with E-state index in [1.54, 1.807) is 12.1 Å². The Kier molecular flexibility index (Phi) is 5.77. The van der Waals surface area contributed by atoms with E-state index in [1.165, 1.54) is 0 Å². The van der Waals surface area contributed by atoms with Crippen LogP contribution in [0.2, 0.25) is 0 Å². The number of benzene rings is 2. The van der Waals surface area contributed by atoms with E-state index in [1.807, 2.05) is 79.2 Å². The largest absolute Gasteiger partial charge is 0.325 e. The lowest BCUT2D eigenvalue weighted by atomic mass is 10.2.